The lowest BCUT2D eigenvalue weighted by Gasteiger charge is -2.38. The number of hydrogen-bond donors (Lipinski definition) is 1. The molecule has 0 bridgehead atoms. The van der Waals surface area contributed by atoms with E-state index in [4.69, 9.17) is 25.8 Å². The Morgan fingerprint density at radius 1 is 1.05 bits per heavy atom. The summed E-state index contributed by atoms with van der Waals surface area (Å²) in [5, 5.41) is 11.9. The molecular weight excluding hydrogens is 512 g/mol. The van der Waals surface area contributed by atoms with E-state index in [1.165, 1.54) is 0 Å². The van der Waals surface area contributed by atoms with Gasteiger partial charge in [-0.15, -0.1) is 0 Å². The van der Waals surface area contributed by atoms with Gasteiger partial charge in [-0.25, -0.2) is 0 Å². The topological polar surface area (TPSA) is 64.1 Å². The number of ether oxygens (including phenoxy) is 3. The van der Waals surface area contributed by atoms with Crippen molar-refractivity contribution in [3.8, 4) is 11.5 Å². The molecule has 3 aliphatic heterocycles. The number of pyridine rings is 1. The predicted molar refractivity (Wildman–Crippen MR) is 152 cm³/mol. The standard InChI is InChI=1S/C32H35ClN2O4/c33-24-7-5-23(6-8-24)32(36)13-17-35(18-14-32)16-2-4-27-28-3-1-15-34-30(28)22-38-31-10-9-26(21-29(27)31)39-25-11-19-37-20-12-25/h1,3-10,15,21,25,36H,2,11-14,16-20,22H2. The highest BCUT2D eigenvalue weighted by Gasteiger charge is 2.33. The van der Waals surface area contributed by atoms with Gasteiger partial charge in [-0.1, -0.05) is 35.9 Å². The lowest BCUT2D eigenvalue weighted by molar-refractivity contribution is -0.0254. The first kappa shape index (κ1) is 26.3. The van der Waals surface area contributed by atoms with Gasteiger partial charge in [-0.3, -0.25) is 4.98 Å². The summed E-state index contributed by atoms with van der Waals surface area (Å²) in [4.78, 5) is 7.05. The molecule has 0 saturated carbocycles. The van der Waals surface area contributed by atoms with Crippen LogP contribution in [0, 0.1) is 0 Å². The van der Waals surface area contributed by atoms with Crippen molar-refractivity contribution in [1.82, 2.24) is 9.88 Å². The number of fused-ring (bicyclic) bond motifs is 2. The quantitative estimate of drug-likeness (QED) is 0.410. The monoisotopic (exact) mass is 546 g/mol. The van der Waals surface area contributed by atoms with Crippen molar-refractivity contribution < 1.29 is 19.3 Å². The highest BCUT2D eigenvalue weighted by atomic mass is 35.5. The van der Waals surface area contributed by atoms with E-state index in [0.717, 1.165) is 91.6 Å². The van der Waals surface area contributed by atoms with Crippen molar-refractivity contribution in [2.24, 2.45) is 0 Å². The summed E-state index contributed by atoms with van der Waals surface area (Å²) in [5.74, 6) is 1.71. The van der Waals surface area contributed by atoms with E-state index in [9.17, 15) is 5.11 Å². The van der Waals surface area contributed by atoms with Gasteiger partial charge < -0.3 is 24.2 Å². The summed E-state index contributed by atoms with van der Waals surface area (Å²) in [7, 11) is 0. The van der Waals surface area contributed by atoms with Crippen molar-refractivity contribution in [2.45, 2.75) is 50.4 Å². The second kappa shape index (κ2) is 11.7. The Bertz CT molecular complexity index is 1310. The van der Waals surface area contributed by atoms with Crippen LogP contribution < -0.4 is 9.47 Å². The number of piperidine rings is 1. The highest BCUT2D eigenvalue weighted by Crippen LogP contribution is 2.39. The third kappa shape index (κ3) is 5.99. The number of rotatable bonds is 6. The molecule has 3 aromatic rings. The zero-order valence-electron chi connectivity index (χ0n) is 22.2. The molecule has 7 heteroatoms. The number of halogens is 1. The molecule has 0 unspecified atom stereocenters. The fourth-order valence-electron chi connectivity index (χ4n) is 5.80. The molecule has 0 aliphatic carbocycles. The SMILES string of the molecule is OC1(c2ccc(Cl)cc2)CCN(CCC=C2c3cc(OC4CCOCC4)ccc3OCc3ncccc32)CC1. The summed E-state index contributed by atoms with van der Waals surface area (Å²) in [6, 6.07) is 17.9. The van der Waals surface area contributed by atoms with Crippen molar-refractivity contribution in [1.29, 1.82) is 0 Å². The fraction of sp³-hybridized carbons (Fsp3) is 0.406. The smallest absolute Gasteiger partial charge is 0.131 e. The van der Waals surface area contributed by atoms with Gasteiger partial charge >= 0.3 is 0 Å². The first-order valence-corrected chi connectivity index (χ1v) is 14.3. The molecule has 204 valence electrons. The summed E-state index contributed by atoms with van der Waals surface area (Å²) in [6.45, 7) is 4.56. The molecule has 6 rings (SSSR count). The fourth-order valence-corrected chi connectivity index (χ4v) is 5.93. The average molecular weight is 547 g/mol. The number of aromatic nitrogens is 1. The van der Waals surface area contributed by atoms with Crippen LogP contribution in [-0.4, -0.2) is 53.9 Å². The Hall–Kier alpha value is -2.90. The third-order valence-electron chi connectivity index (χ3n) is 8.12. The molecule has 1 N–H and O–H groups in total. The molecule has 6 nitrogen and oxygen atoms in total. The maximum Gasteiger partial charge on any atom is 0.131 e. The molecule has 1 aromatic heterocycles. The van der Waals surface area contributed by atoms with Crippen molar-refractivity contribution in [3.63, 3.8) is 0 Å². The Morgan fingerprint density at radius 3 is 2.64 bits per heavy atom. The van der Waals surface area contributed by atoms with Crippen LogP contribution in [0.5, 0.6) is 11.5 Å². The van der Waals surface area contributed by atoms with Crippen LogP contribution in [0.15, 0.2) is 66.9 Å². The molecule has 0 amide bonds. The molecule has 2 fully saturated rings. The lowest BCUT2D eigenvalue weighted by Crippen LogP contribution is -2.42. The molecule has 0 radical (unpaired) electrons. The van der Waals surface area contributed by atoms with Crippen molar-refractivity contribution in [2.75, 3.05) is 32.8 Å². The summed E-state index contributed by atoms with van der Waals surface area (Å²) < 4.78 is 18.0. The lowest BCUT2D eigenvalue weighted by atomic mass is 9.84. The van der Waals surface area contributed by atoms with E-state index < -0.39 is 5.60 Å². The molecule has 0 spiro atoms. The zero-order chi connectivity index (χ0) is 26.7. The van der Waals surface area contributed by atoms with Crippen molar-refractivity contribution >= 4 is 17.2 Å². The number of likely N-dealkylation sites (tertiary alicyclic amines) is 1. The van der Waals surface area contributed by atoms with E-state index in [0.29, 0.717) is 24.5 Å². The van der Waals surface area contributed by atoms with Crippen LogP contribution in [0.25, 0.3) is 5.57 Å². The number of benzene rings is 2. The van der Waals surface area contributed by atoms with E-state index in [2.05, 4.69) is 28.1 Å². The molecule has 2 aromatic carbocycles. The average Bonchev–Trinajstić information content (AvgIpc) is 3.12. The van der Waals surface area contributed by atoms with Crippen LogP contribution in [-0.2, 0) is 16.9 Å². The molecule has 2 saturated heterocycles. The maximum atomic E-state index is 11.3. The van der Waals surface area contributed by atoms with Gasteiger partial charge in [0.1, 0.15) is 24.2 Å². The number of hydrogen-bond acceptors (Lipinski definition) is 6. The first-order valence-electron chi connectivity index (χ1n) is 13.9. The second-order valence-electron chi connectivity index (χ2n) is 10.7. The van der Waals surface area contributed by atoms with Crippen LogP contribution in [0.2, 0.25) is 5.02 Å². The van der Waals surface area contributed by atoms with Crippen LogP contribution >= 0.6 is 11.6 Å². The molecule has 0 atom stereocenters. The predicted octanol–water partition coefficient (Wildman–Crippen LogP) is 5.99. The maximum absolute atomic E-state index is 11.3. The second-order valence-corrected chi connectivity index (χ2v) is 11.1. The largest absolute Gasteiger partial charge is 0.490 e. The van der Waals surface area contributed by atoms with Gasteiger partial charge in [0.05, 0.1) is 24.5 Å². The highest BCUT2D eigenvalue weighted by molar-refractivity contribution is 6.30. The van der Waals surface area contributed by atoms with E-state index in [1.54, 1.807) is 0 Å². The van der Waals surface area contributed by atoms with E-state index in [1.807, 2.05) is 48.7 Å². The Labute approximate surface area is 235 Å². The summed E-state index contributed by atoms with van der Waals surface area (Å²) in [5.41, 5.74) is 4.39. The van der Waals surface area contributed by atoms with Crippen molar-refractivity contribution in [3.05, 3.63) is 94.3 Å². The summed E-state index contributed by atoms with van der Waals surface area (Å²) >= 11 is 6.05. The minimum Gasteiger partial charge on any atom is -0.490 e. The Morgan fingerprint density at radius 2 is 1.85 bits per heavy atom. The van der Waals surface area contributed by atoms with Crippen LogP contribution in [0.3, 0.4) is 0 Å². The van der Waals surface area contributed by atoms with Gasteiger partial charge in [-0.2, -0.15) is 0 Å². The number of aliphatic hydroxyl groups is 1. The first-order chi connectivity index (χ1) is 19.1. The minimum absolute atomic E-state index is 0.176. The Kier molecular flexibility index (Phi) is 7.89. The molecular formula is C32H35ClN2O4. The van der Waals surface area contributed by atoms with E-state index >= 15 is 0 Å². The minimum atomic E-state index is -0.789. The molecule has 4 heterocycles. The van der Waals surface area contributed by atoms with Gasteiger partial charge in [0, 0.05) is 54.8 Å². The molecule has 39 heavy (non-hydrogen) atoms. The zero-order valence-corrected chi connectivity index (χ0v) is 22.9. The Balaban J connectivity index is 1.18. The molecule has 3 aliphatic rings. The van der Waals surface area contributed by atoms with Crippen LogP contribution in [0.4, 0.5) is 0 Å². The summed E-state index contributed by atoms with van der Waals surface area (Å²) in [6.07, 6.45) is 8.43. The third-order valence-corrected chi connectivity index (χ3v) is 8.37. The van der Waals surface area contributed by atoms with Crippen LogP contribution in [0.1, 0.15) is 54.5 Å². The number of nitrogens with zero attached hydrogens (tertiary/aromatic N) is 2. The van der Waals surface area contributed by atoms with Gasteiger partial charge in [0.25, 0.3) is 0 Å². The van der Waals surface area contributed by atoms with Gasteiger partial charge in [0.15, 0.2) is 0 Å². The van der Waals surface area contributed by atoms with Gasteiger partial charge in [0.2, 0.25) is 0 Å². The van der Waals surface area contributed by atoms with E-state index in [-0.39, 0.29) is 6.10 Å². The van der Waals surface area contributed by atoms with Gasteiger partial charge in [-0.05, 0) is 66.8 Å². The normalized spacial score (nSPS) is 20.5.